The lowest BCUT2D eigenvalue weighted by atomic mass is 10.0. The van der Waals surface area contributed by atoms with Crippen LogP contribution in [0.15, 0.2) is 48.6 Å². The molecule has 0 aliphatic heterocycles. The Balaban J connectivity index is 4.03. The molecule has 0 rings (SSSR count). The number of aliphatic hydroxyl groups excluding tert-OH is 1. The van der Waals surface area contributed by atoms with Crippen LogP contribution in [0.3, 0.4) is 0 Å². The molecular formula is C60H115N2O6P. The lowest BCUT2D eigenvalue weighted by Gasteiger charge is -2.29. The number of hydrogen-bond acceptors (Lipinski definition) is 6. The third-order valence-electron chi connectivity index (χ3n) is 13.3. The van der Waals surface area contributed by atoms with Crippen molar-refractivity contribution in [3.63, 3.8) is 0 Å². The average Bonchev–Trinajstić information content (AvgIpc) is 3.31. The highest BCUT2D eigenvalue weighted by Crippen LogP contribution is 2.38. The second-order valence-electron chi connectivity index (χ2n) is 21.4. The van der Waals surface area contributed by atoms with E-state index in [0.29, 0.717) is 17.4 Å². The molecule has 0 fully saturated rings. The zero-order chi connectivity index (χ0) is 50.6. The molecule has 406 valence electrons. The molecule has 0 aromatic rings. The van der Waals surface area contributed by atoms with Crippen LogP contribution in [0.25, 0.3) is 0 Å². The minimum Gasteiger partial charge on any atom is -0.756 e. The smallest absolute Gasteiger partial charge is 0.268 e. The number of phosphoric acid groups is 1. The topological polar surface area (TPSA) is 108 Å². The number of rotatable bonds is 54. The van der Waals surface area contributed by atoms with Crippen molar-refractivity contribution in [1.82, 2.24) is 5.32 Å². The van der Waals surface area contributed by atoms with Crippen LogP contribution >= 0.6 is 7.82 Å². The minimum atomic E-state index is -4.59. The summed E-state index contributed by atoms with van der Waals surface area (Å²) in [6, 6.07) is -0.885. The number of nitrogens with one attached hydrogen (secondary N) is 1. The van der Waals surface area contributed by atoms with Gasteiger partial charge in [0, 0.05) is 6.42 Å². The molecule has 3 atom stereocenters. The molecule has 8 nitrogen and oxygen atoms in total. The van der Waals surface area contributed by atoms with Crippen LogP contribution in [0.2, 0.25) is 0 Å². The molecule has 0 saturated heterocycles. The van der Waals surface area contributed by atoms with Crippen molar-refractivity contribution >= 4 is 13.7 Å². The number of phosphoric ester groups is 1. The molecule has 0 saturated carbocycles. The Morgan fingerprint density at radius 3 is 1.22 bits per heavy atom. The van der Waals surface area contributed by atoms with Gasteiger partial charge in [0.05, 0.1) is 39.9 Å². The monoisotopic (exact) mass is 991 g/mol. The molecule has 0 aromatic carbocycles. The van der Waals surface area contributed by atoms with Crippen molar-refractivity contribution in [3.05, 3.63) is 48.6 Å². The van der Waals surface area contributed by atoms with E-state index in [4.69, 9.17) is 9.05 Å². The summed E-state index contributed by atoms with van der Waals surface area (Å²) in [6.45, 7) is 4.65. The van der Waals surface area contributed by atoms with E-state index < -0.39 is 20.0 Å². The molecule has 0 aromatic heterocycles. The van der Waals surface area contributed by atoms with Gasteiger partial charge in [0.1, 0.15) is 13.2 Å². The van der Waals surface area contributed by atoms with Crippen molar-refractivity contribution in [2.75, 3.05) is 40.9 Å². The zero-order valence-corrected chi connectivity index (χ0v) is 47.2. The maximum Gasteiger partial charge on any atom is 0.268 e. The molecule has 69 heavy (non-hydrogen) atoms. The van der Waals surface area contributed by atoms with Gasteiger partial charge in [0.25, 0.3) is 7.82 Å². The number of carbonyl (C=O) groups excluding carboxylic acids is 1. The van der Waals surface area contributed by atoms with E-state index >= 15 is 0 Å². The van der Waals surface area contributed by atoms with E-state index in [9.17, 15) is 19.4 Å². The Kier molecular flexibility index (Phi) is 50.2. The Morgan fingerprint density at radius 1 is 0.507 bits per heavy atom. The first-order valence-corrected chi connectivity index (χ1v) is 31.0. The Morgan fingerprint density at radius 2 is 0.841 bits per heavy atom. The van der Waals surface area contributed by atoms with Gasteiger partial charge in [-0.05, 0) is 57.8 Å². The third-order valence-corrected chi connectivity index (χ3v) is 14.2. The normalized spacial score (nSPS) is 14.2. The van der Waals surface area contributed by atoms with Gasteiger partial charge in [-0.2, -0.15) is 0 Å². The molecule has 0 aliphatic carbocycles. The second kappa shape index (κ2) is 51.4. The van der Waals surface area contributed by atoms with E-state index in [-0.39, 0.29) is 19.1 Å². The van der Waals surface area contributed by atoms with Gasteiger partial charge in [-0.1, -0.05) is 262 Å². The number of allylic oxidation sites excluding steroid dienone is 7. The van der Waals surface area contributed by atoms with Crippen LogP contribution < -0.4 is 10.2 Å². The van der Waals surface area contributed by atoms with Crippen LogP contribution in [-0.2, 0) is 18.4 Å². The van der Waals surface area contributed by atoms with Crippen molar-refractivity contribution in [2.45, 2.75) is 289 Å². The Hall–Kier alpha value is -1.54. The largest absolute Gasteiger partial charge is 0.756 e. The standard InChI is InChI=1S/C60H115N2O6P/c1-6-8-10-12-14-16-18-20-22-23-24-25-26-27-28-29-30-31-32-33-34-35-36-37-38-39-40-42-44-46-48-50-52-54-60(64)61-58(57-68-69(65,66)67-56-55-62(3,4)5)59(63)53-51-49-47-45-43-41-21-19-17-15-13-11-9-7-2/h18,20,23-24,26-27,51,53,58-59,63H,6-17,19,21-22,25,28-50,52,54-57H2,1-5H3,(H-,61,64,65,66)/b20-18-,24-23-,27-26-,53-51+. The molecule has 0 bridgehead atoms. The summed E-state index contributed by atoms with van der Waals surface area (Å²) in [5.41, 5.74) is 0. The fourth-order valence-corrected chi connectivity index (χ4v) is 9.36. The quantitative estimate of drug-likeness (QED) is 0.0272. The summed E-state index contributed by atoms with van der Waals surface area (Å²) in [5.74, 6) is -0.195. The molecule has 2 N–H and O–H groups in total. The van der Waals surface area contributed by atoms with Crippen LogP contribution in [0.1, 0.15) is 277 Å². The van der Waals surface area contributed by atoms with Crippen LogP contribution in [0.4, 0.5) is 0 Å². The zero-order valence-electron chi connectivity index (χ0n) is 46.3. The molecule has 0 aliphatic rings. The highest BCUT2D eigenvalue weighted by Gasteiger charge is 2.23. The van der Waals surface area contributed by atoms with Gasteiger partial charge in [-0.3, -0.25) is 9.36 Å². The van der Waals surface area contributed by atoms with Crippen LogP contribution in [-0.4, -0.2) is 68.5 Å². The van der Waals surface area contributed by atoms with Crippen molar-refractivity contribution < 1.29 is 32.9 Å². The molecule has 1 amide bonds. The molecule has 0 spiro atoms. The second-order valence-corrected chi connectivity index (χ2v) is 22.8. The summed E-state index contributed by atoms with van der Waals surface area (Å²) >= 11 is 0. The number of hydrogen-bond donors (Lipinski definition) is 2. The first-order valence-electron chi connectivity index (χ1n) is 29.5. The van der Waals surface area contributed by atoms with E-state index in [1.807, 2.05) is 27.2 Å². The van der Waals surface area contributed by atoms with Gasteiger partial charge in [-0.25, -0.2) is 0 Å². The first kappa shape index (κ1) is 67.5. The fourth-order valence-electron chi connectivity index (χ4n) is 8.63. The number of quaternary nitrogens is 1. The number of aliphatic hydroxyl groups is 1. The van der Waals surface area contributed by atoms with Gasteiger partial charge in [0.15, 0.2) is 0 Å². The third kappa shape index (κ3) is 54.1. The number of likely N-dealkylation sites (N-methyl/N-ethyl adjacent to an activating group) is 1. The molecular weight excluding hydrogens is 876 g/mol. The van der Waals surface area contributed by atoms with Gasteiger partial charge >= 0.3 is 0 Å². The molecule has 0 radical (unpaired) electrons. The summed E-state index contributed by atoms with van der Waals surface area (Å²) in [4.78, 5) is 25.5. The van der Waals surface area contributed by atoms with E-state index in [1.54, 1.807) is 6.08 Å². The van der Waals surface area contributed by atoms with E-state index in [1.165, 1.54) is 205 Å². The predicted octanol–water partition coefficient (Wildman–Crippen LogP) is 17.3. The SMILES string of the molecule is CCCCCCC/C=C\C/C=C\C/C=C\CCCCCCCCCCCCCCCCCCCCC(=O)NC(COP(=O)([O-])OCC[N+](C)(C)C)C(O)/C=C/CCCCCCCCCCCCCC. The number of amides is 1. The summed E-state index contributed by atoms with van der Waals surface area (Å²) < 4.78 is 23.3. The summed E-state index contributed by atoms with van der Waals surface area (Å²) in [6.07, 6.45) is 67.7. The molecule has 0 heterocycles. The molecule has 9 heteroatoms. The minimum absolute atomic E-state index is 0.000377. The van der Waals surface area contributed by atoms with E-state index in [2.05, 4.69) is 55.6 Å². The number of nitrogens with zero attached hydrogens (tertiary/aromatic N) is 1. The lowest BCUT2D eigenvalue weighted by Crippen LogP contribution is -2.45. The molecule has 3 unspecified atom stereocenters. The predicted molar refractivity (Wildman–Crippen MR) is 298 cm³/mol. The summed E-state index contributed by atoms with van der Waals surface area (Å²) in [5, 5.41) is 13.9. The summed E-state index contributed by atoms with van der Waals surface area (Å²) in [7, 11) is 1.27. The maximum absolute atomic E-state index is 12.9. The van der Waals surface area contributed by atoms with Crippen molar-refractivity contribution in [3.8, 4) is 0 Å². The lowest BCUT2D eigenvalue weighted by molar-refractivity contribution is -0.870. The Labute approximate surface area is 429 Å². The van der Waals surface area contributed by atoms with Gasteiger partial charge < -0.3 is 28.8 Å². The average molecular weight is 992 g/mol. The van der Waals surface area contributed by atoms with Crippen LogP contribution in [0.5, 0.6) is 0 Å². The maximum atomic E-state index is 12.9. The fraction of sp³-hybridized carbons (Fsp3) is 0.850. The van der Waals surface area contributed by atoms with Gasteiger partial charge in [-0.15, -0.1) is 0 Å². The van der Waals surface area contributed by atoms with Crippen molar-refractivity contribution in [2.24, 2.45) is 0 Å². The highest BCUT2D eigenvalue weighted by molar-refractivity contribution is 7.45. The first-order chi connectivity index (χ1) is 33.5. The van der Waals surface area contributed by atoms with Gasteiger partial charge in [0.2, 0.25) is 5.91 Å². The number of carbonyl (C=O) groups is 1. The van der Waals surface area contributed by atoms with Crippen LogP contribution in [0, 0.1) is 0 Å². The Bertz CT molecular complexity index is 1260. The number of unbranched alkanes of at least 4 members (excludes halogenated alkanes) is 35. The van der Waals surface area contributed by atoms with E-state index in [0.717, 1.165) is 51.4 Å². The van der Waals surface area contributed by atoms with Crippen molar-refractivity contribution in [1.29, 1.82) is 0 Å². The highest BCUT2D eigenvalue weighted by atomic mass is 31.2.